The molecule has 68 valence electrons. The summed E-state index contributed by atoms with van der Waals surface area (Å²) in [5, 5.41) is 8.81. The number of hydrogen-bond donors (Lipinski definition) is 2. The highest BCUT2D eigenvalue weighted by atomic mass is 16.4. The van der Waals surface area contributed by atoms with Crippen LogP contribution in [0, 0.1) is 11.3 Å². The van der Waals surface area contributed by atoms with Crippen molar-refractivity contribution in [1.82, 2.24) is 0 Å². The SMILES string of the molecule is NC1CCC2(CC1)CC2C(=O)O. The van der Waals surface area contributed by atoms with Crippen LogP contribution in [0.3, 0.4) is 0 Å². The molecule has 0 aromatic carbocycles. The van der Waals surface area contributed by atoms with Crippen molar-refractivity contribution in [3.63, 3.8) is 0 Å². The summed E-state index contributed by atoms with van der Waals surface area (Å²) >= 11 is 0. The molecule has 1 atom stereocenters. The van der Waals surface area contributed by atoms with Crippen molar-refractivity contribution in [2.24, 2.45) is 17.1 Å². The van der Waals surface area contributed by atoms with E-state index in [2.05, 4.69) is 0 Å². The van der Waals surface area contributed by atoms with Crippen molar-refractivity contribution in [3.8, 4) is 0 Å². The number of carboxylic acid groups (broad SMARTS) is 1. The Hall–Kier alpha value is -0.570. The number of carbonyl (C=O) groups is 1. The lowest BCUT2D eigenvalue weighted by atomic mass is 9.82. The van der Waals surface area contributed by atoms with Crippen molar-refractivity contribution >= 4 is 5.97 Å². The fourth-order valence-corrected chi connectivity index (χ4v) is 2.46. The van der Waals surface area contributed by atoms with Crippen molar-refractivity contribution in [2.45, 2.75) is 38.1 Å². The quantitative estimate of drug-likeness (QED) is 0.615. The Balaban J connectivity index is 1.95. The monoisotopic (exact) mass is 169 g/mol. The predicted molar refractivity (Wildman–Crippen MR) is 44.6 cm³/mol. The van der Waals surface area contributed by atoms with Gasteiger partial charge in [-0.05, 0) is 37.5 Å². The van der Waals surface area contributed by atoms with E-state index in [1.165, 1.54) is 0 Å². The van der Waals surface area contributed by atoms with E-state index in [4.69, 9.17) is 10.8 Å². The molecule has 0 aliphatic heterocycles. The summed E-state index contributed by atoms with van der Waals surface area (Å²) in [6.07, 6.45) is 5.00. The molecule has 0 bridgehead atoms. The van der Waals surface area contributed by atoms with Crippen LogP contribution in [0.25, 0.3) is 0 Å². The van der Waals surface area contributed by atoms with Crippen molar-refractivity contribution in [2.75, 3.05) is 0 Å². The van der Waals surface area contributed by atoms with E-state index in [1.807, 2.05) is 0 Å². The second-order valence-electron chi connectivity index (χ2n) is 4.29. The molecule has 3 heteroatoms. The van der Waals surface area contributed by atoms with Gasteiger partial charge in [-0.3, -0.25) is 4.79 Å². The first-order valence-corrected chi connectivity index (χ1v) is 4.62. The van der Waals surface area contributed by atoms with E-state index >= 15 is 0 Å². The van der Waals surface area contributed by atoms with Gasteiger partial charge in [0, 0.05) is 6.04 Å². The third-order valence-corrected chi connectivity index (χ3v) is 3.51. The van der Waals surface area contributed by atoms with Crippen LogP contribution in [-0.2, 0) is 4.79 Å². The lowest BCUT2D eigenvalue weighted by Gasteiger charge is -2.26. The molecule has 2 fully saturated rings. The third-order valence-electron chi connectivity index (χ3n) is 3.51. The molecule has 2 aliphatic rings. The minimum atomic E-state index is -0.606. The number of nitrogens with two attached hydrogens (primary N) is 1. The number of hydrogen-bond acceptors (Lipinski definition) is 2. The Morgan fingerprint density at radius 1 is 1.42 bits per heavy atom. The maximum atomic E-state index is 10.7. The minimum Gasteiger partial charge on any atom is -0.481 e. The zero-order valence-corrected chi connectivity index (χ0v) is 7.12. The van der Waals surface area contributed by atoms with E-state index < -0.39 is 5.97 Å². The van der Waals surface area contributed by atoms with Gasteiger partial charge in [0.15, 0.2) is 0 Å². The summed E-state index contributed by atoms with van der Waals surface area (Å²) in [5.74, 6) is -0.657. The van der Waals surface area contributed by atoms with Crippen molar-refractivity contribution in [3.05, 3.63) is 0 Å². The Bertz CT molecular complexity index is 207. The Labute approximate surface area is 71.9 Å². The van der Waals surface area contributed by atoms with Crippen LogP contribution in [-0.4, -0.2) is 17.1 Å². The summed E-state index contributed by atoms with van der Waals surface area (Å²) < 4.78 is 0. The molecule has 0 aromatic heterocycles. The Morgan fingerprint density at radius 2 is 2.00 bits per heavy atom. The molecule has 3 nitrogen and oxygen atoms in total. The fraction of sp³-hybridized carbons (Fsp3) is 0.889. The first-order chi connectivity index (χ1) is 5.64. The molecule has 1 spiro atoms. The standard InChI is InChI=1S/C9H15NO2/c10-6-1-3-9(4-2-6)5-7(9)8(11)12/h6-7H,1-5,10H2,(H,11,12). The van der Waals surface area contributed by atoms with Gasteiger partial charge in [0.1, 0.15) is 0 Å². The average molecular weight is 169 g/mol. The van der Waals surface area contributed by atoms with Crippen molar-refractivity contribution in [1.29, 1.82) is 0 Å². The zero-order valence-electron chi connectivity index (χ0n) is 7.12. The van der Waals surface area contributed by atoms with E-state index in [9.17, 15) is 4.79 Å². The van der Waals surface area contributed by atoms with Crippen molar-refractivity contribution < 1.29 is 9.90 Å². The van der Waals surface area contributed by atoms with Crippen LogP contribution in [0.2, 0.25) is 0 Å². The topological polar surface area (TPSA) is 63.3 Å². The lowest BCUT2D eigenvalue weighted by molar-refractivity contribution is -0.139. The first-order valence-electron chi connectivity index (χ1n) is 4.62. The molecule has 2 rings (SSSR count). The van der Waals surface area contributed by atoms with E-state index in [-0.39, 0.29) is 11.3 Å². The van der Waals surface area contributed by atoms with Gasteiger partial charge in [0.05, 0.1) is 5.92 Å². The van der Waals surface area contributed by atoms with Gasteiger partial charge in [-0.15, -0.1) is 0 Å². The molecule has 1 unspecified atom stereocenters. The van der Waals surface area contributed by atoms with Gasteiger partial charge in [-0.2, -0.15) is 0 Å². The molecule has 0 saturated heterocycles. The van der Waals surface area contributed by atoms with Crippen LogP contribution < -0.4 is 5.73 Å². The van der Waals surface area contributed by atoms with Crippen LogP contribution in [0.4, 0.5) is 0 Å². The molecule has 0 amide bonds. The van der Waals surface area contributed by atoms with Gasteiger partial charge in [-0.25, -0.2) is 0 Å². The Morgan fingerprint density at radius 3 is 2.42 bits per heavy atom. The van der Waals surface area contributed by atoms with Crippen LogP contribution in [0.1, 0.15) is 32.1 Å². The highest BCUT2D eigenvalue weighted by molar-refractivity contribution is 5.74. The van der Waals surface area contributed by atoms with Crippen LogP contribution in [0.15, 0.2) is 0 Å². The maximum absolute atomic E-state index is 10.7. The zero-order chi connectivity index (χ0) is 8.77. The fourth-order valence-electron chi connectivity index (χ4n) is 2.46. The van der Waals surface area contributed by atoms with Gasteiger partial charge in [0.2, 0.25) is 0 Å². The molecular weight excluding hydrogens is 154 g/mol. The van der Waals surface area contributed by atoms with Gasteiger partial charge >= 0.3 is 5.97 Å². The molecule has 2 saturated carbocycles. The smallest absolute Gasteiger partial charge is 0.307 e. The Kier molecular flexibility index (Phi) is 1.65. The molecule has 0 radical (unpaired) electrons. The second-order valence-corrected chi connectivity index (χ2v) is 4.29. The first kappa shape index (κ1) is 8.05. The number of carboxylic acids is 1. The second kappa shape index (κ2) is 2.46. The predicted octanol–water partition coefficient (Wildman–Crippen LogP) is 0.979. The molecule has 3 N–H and O–H groups in total. The molecule has 0 heterocycles. The maximum Gasteiger partial charge on any atom is 0.307 e. The average Bonchev–Trinajstić information content (AvgIpc) is 2.72. The van der Waals surface area contributed by atoms with Crippen LogP contribution >= 0.6 is 0 Å². The number of aliphatic carboxylic acids is 1. The highest BCUT2D eigenvalue weighted by Crippen LogP contribution is 2.61. The van der Waals surface area contributed by atoms with E-state index in [0.29, 0.717) is 6.04 Å². The molecule has 0 aromatic rings. The lowest BCUT2D eigenvalue weighted by Crippen LogP contribution is -2.28. The minimum absolute atomic E-state index is 0.0509. The summed E-state index contributed by atoms with van der Waals surface area (Å²) in [4.78, 5) is 10.7. The summed E-state index contributed by atoms with van der Waals surface area (Å²) in [6.45, 7) is 0. The van der Waals surface area contributed by atoms with E-state index in [0.717, 1.165) is 32.1 Å². The summed E-state index contributed by atoms with van der Waals surface area (Å²) in [6, 6.07) is 0.325. The molecule has 12 heavy (non-hydrogen) atoms. The van der Waals surface area contributed by atoms with Gasteiger partial charge < -0.3 is 10.8 Å². The van der Waals surface area contributed by atoms with Crippen LogP contribution in [0.5, 0.6) is 0 Å². The third kappa shape index (κ3) is 1.12. The van der Waals surface area contributed by atoms with Gasteiger partial charge in [-0.1, -0.05) is 0 Å². The normalized spacial score (nSPS) is 46.1. The number of rotatable bonds is 1. The molecular formula is C9H15NO2. The highest BCUT2D eigenvalue weighted by Gasteiger charge is 2.58. The van der Waals surface area contributed by atoms with E-state index in [1.54, 1.807) is 0 Å². The van der Waals surface area contributed by atoms with Gasteiger partial charge in [0.25, 0.3) is 0 Å². The largest absolute Gasteiger partial charge is 0.481 e. The molecule has 2 aliphatic carbocycles. The summed E-state index contributed by atoms with van der Waals surface area (Å²) in [7, 11) is 0. The summed E-state index contributed by atoms with van der Waals surface area (Å²) in [5.41, 5.74) is 5.93.